The number of nitro groups is 1. The van der Waals surface area contributed by atoms with E-state index in [2.05, 4.69) is 0 Å². The van der Waals surface area contributed by atoms with E-state index >= 15 is 0 Å². The van der Waals surface area contributed by atoms with Crippen LogP contribution in [0.1, 0.15) is 22.8 Å². The first-order valence-corrected chi connectivity index (χ1v) is 9.66. The summed E-state index contributed by atoms with van der Waals surface area (Å²) in [6.07, 6.45) is -0.363. The Morgan fingerprint density at radius 1 is 1.15 bits per heavy atom. The van der Waals surface area contributed by atoms with E-state index in [0.29, 0.717) is 5.56 Å². The zero-order valence-electron chi connectivity index (χ0n) is 14.6. The highest BCUT2D eigenvalue weighted by Gasteiger charge is 2.33. The minimum Gasteiger partial charge on any atom is -0.371 e. The molecule has 0 spiro atoms. The number of hydrogen-bond acceptors (Lipinski definition) is 5. The minimum atomic E-state index is -3.85. The lowest BCUT2D eigenvalue weighted by Gasteiger charge is -2.32. The van der Waals surface area contributed by atoms with Crippen LogP contribution < -0.4 is 0 Å². The molecule has 3 rings (SSSR count). The Morgan fingerprint density at radius 3 is 2.50 bits per heavy atom. The second-order valence-corrected chi connectivity index (χ2v) is 8.25. The summed E-state index contributed by atoms with van der Waals surface area (Å²) >= 11 is 0. The first-order valence-electron chi connectivity index (χ1n) is 8.22. The smallest absolute Gasteiger partial charge is 0.270 e. The average Bonchev–Trinajstić information content (AvgIpc) is 2.62. The fraction of sp³-hybridized carbons (Fsp3) is 0.333. The summed E-state index contributed by atoms with van der Waals surface area (Å²) in [5.41, 5.74) is 2.26. The normalized spacial score (nSPS) is 18.6. The Balaban J connectivity index is 1.91. The van der Waals surface area contributed by atoms with Gasteiger partial charge in [-0.25, -0.2) is 8.42 Å². The maximum absolute atomic E-state index is 13.1. The highest BCUT2D eigenvalue weighted by molar-refractivity contribution is 7.89. The second-order valence-electron chi connectivity index (χ2n) is 6.34. The van der Waals surface area contributed by atoms with Gasteiger partial charge in [-0.1, -0.05) is 35.9 Å². The molecule has 0 aromatic heterocycles. The molecule has 1 unspecified atom stereocenters. The maximum Gasteiger partial charge on any atom is 0.270 e. The Bertz CT molecular complexity index is 925. The molecule has 0 saturated carbocycles. The van der Waals surface area contributed by atoms with Crippen LogP contribution in [-0.2, 0) is 14.8 Å². The molecule has 26 heavy (non-hydrogen) atoms. The van der Waals surface area contributed by atoms with Crippen molar-refractivity contribution >= 4 is 15.7 Å². The third-order valence-corrected chi connectivity index (χ3v) is 6.49. The molecule has 0 amide bonds. The van der Waals surface area contributed by atoms with Crippen LogP contribution in [0.3, 0.4) is 0 Å². The molecule has 2 aromatic carbocycles. The minimum absolute atomic E-state index is 0.0312. The monoisotopic (exact) mass is 376 g/mol. The molecule has 138 valence electrons. The van der Waals surface area contributed by atoms with E-state index in [1.807, 2.05) is 31.2 Å². The van der Waals surface area contributed by atoms with E-state index in [0.717, 1.165) is 17.2 Å². The summed E-state index contributed by atoms with van der Waals surface area (Å²) < 4.78 is 33.2. The lowest BCUT2D eigenvalue weighted by molar-refractivity contribution is -0.385. The van der Waals surface area contributed by atoms with Crippen molar-refractivity contribution in [2.24, 2.45) is 0 Å². The van der Waals surface area contributed by atoms with Gasteiger partial charge in [0.2, 0.25) is 10.0 Å². The Labute approximate surface area is 152 Å². The summed E-state index contributed by atoms with van der Waals surface area (Å²) in [5, 5.41) is 11.0. The molecule has 0 bridgehead atoms. The topological polar surface area (TPSA) is 89.8 Å². The largest absolute Gasteiger partial charge is 0.371 e. The summed E-state index contributed by atoms with van der Waals surface area (Å²) in [6, 6.07) is 11.7. The van der Waals surface area contributed by atoms with Gasteiger partial charge in [-0.3, -0.25) is 10.1 Å². The van der Waals surface area contributed by atoms with E-state index in [1.54, 1.807) is 6.92 Å². The number of nitrogens with zero attached hydrogens (tertiary/aromatic N) is 2. The highest BCUT2D eigenvalue weighted by atomic mass is 32.2. The number of non-ortho nitro benzene ring substituents is 1. The third kappa shape index (κ3) is 3.62. The summed E-state index contributed by atoms with van der Waals surface area (Å²) in [6.45, 7) is 4.27. The zero-order valence-corrected chi connectivity index (χ0v) is 15.4. The number of nitro benzene ring substituents is 1. The first kappa shape index (κ1) is 18.5. The molecule has 1 aliphatic heterocycles. The summed E-state index contributed by atoms with van der Waals surface area (Å²) in [5.74, 6) is 0. The number of ether oxygens (including phenoxy) is 1. The lowest BCUT2D eigenvalue weighted by atomic mass is 10.1. The van der Waals surface area contributed by atoms with Gasteiger partial charge < -0.3 is 4.74 Å². The highest BCUT2D eigenvalue weighted by Crippen LogP contribution is 2.29. The van der Waals surface area contributed by atoms with Crippen LogP contribution in [0.5, 0.6) is 0 Å². The van der Waals surface area contributed by atoms with Crippen molar-refractivity contribution in [3.8, 4) is 0 Å². The van der Waals surface area contributed by atoms with Gasteiger partial charge in [0.25, 0.3) is 5.69 Å². The van der Waals surface area contributed by atoms with Gasteiger partial charge in [0.1, 0.15) is 0 Å². The third-order valence-electron chi connectivity index (χ3n) is 4.48. The Morgan fingerprint density at radius 2 is 1.85 bits per heavy atom. The van der Waals surface area contributed by atoms with Crippen molar-refractivity contribution in [3.05, 3.63) is 69.3 Å². The average molecular weight is 376 g/mol. The number of rotatable bonds is 4. The molecule has 1 heterocycles. The van der Waals surface area contributed by atoms with Crippen LogP contribution in [0.2, 0.25) is 0 Å². The number of hydrogen-bond donors (Lipinski definition) is 0. The Hall–Kier alpha value is -2.29. The van der Waals surface area contributed by atoms with E-state index < -0.39 is 14.9 Å². The Kier molecular flexibility index (Phi) is 5.08. The van der Waals surface area contributed by atoms with Crippen LogP contribution >= 0.6 is 0 Å². The molecule has 8 heteroatoms. The predicted octanol–water partition coefficient (Wildman–Crippen LogP) is 2.97. The molecule has 7 nitrogen and oxygen atoms in total. The quantitative estimate of drug-likeness (QED) is 0.604. The van der Waals surface area contributed by atoms with Gasteiger partial charge in [-0.05, 0) is 25.0 Å². The standard InChI is InChI=1S/C18H20N2O5S/c1-13-3-6-15(7-4-13)17-12-19(9-10-25-17)26(23,24)18-11-16(20(21)22)8-5-14(18)2/h3-8,11,17H,9-10,12H2,1-2H3. The molecule has 1 saturated heterocycles. The van der Waals surface area contributed by atoms with Gasteiger partial charge in [0.15, 0.2) is 0 Å². The lowest BCUT2D eigenvalue weighted by Crippen LogP contribution is -2.42. The van der Waals surface area contributed by atoms with Crippen LogP contribution in [0.15, 0.2) is 47.4 Å². The first-order chi connectivity index (χ1) is 12.3. The zero-order chi connectivity index (χ0) is 18.9. The van der Waals surface area contributed by atoms with Crippen molar-refractivity contribution in [1.82, 2.24) is 4.31 Å². The van der Waals surface area contributed by atoms with Crippen molar-refractivity contribution in [1.29, 1.82) is 0 Å². The van der Waals surface area contributed by atoms with Crippen molar-refractivity contribution in [3.63, 3.8) is 0 Å². The fourth-order valence-corrected chi connectivity index (χ4v) is 4.62. The van der Waals surface area contributed by atoms with Gasteiger partial charge in [-0.2, -0.15) is 4.31 Å². The van der Waals surface area contributed by atoms with E-state index in [4.69, 9.17) is 4.74 Å². The van der Waals surface area contributed by atoms with E-state index in [-0.39, 0.29) is 36.4 Å². The maximum atomic E-state index is 13.1. The van der Waals surface area contributed by atoms with E-state index in [1.165, 1.54) is 16.4 Å². The van der Waals surface area contributed by atoms with Crippen LogP contribution in [-0.4, -0.2) is 37.3 Å². The summed E-state index contributed by atoms with van der Waals surface area (Å²) in [4.78, 5) is 10.4. The van der Waals surface area contributed by atoms with Gasteiger partial charge in [0, 0.05) is 25.2 Å². The molecule has 1 fully saturated rings. The summed E-state index contributed by atoms with van der Waals surface area (Å²) in [7, 11) is -3.85. The molecule has 0 radical (unpaired) electrons. The van der Waals surface area contributed by atoms with Gasteiger partial charge in [0.05, 0.1) is 22.5 Å². The molecular weight excluding hydrogens is 356 g/mol. The van der Waals surface area contributed by atoms with Crippen molar-refractivity contribution in [2.75, 3.05) is 19.7 Å². The van der Waals surface area contributed by atoms with E-state index in [9.17, 15) is 18.5 Å². The van der Waals surface area contributed by atoms with Gasteiger partial charge in [-0.15, -0.1) is 0 Å². The number of sulfonamides is 1. The van der Waals surface area contributed by atoms with Crippen molar-refractivity contribution < 1.29 is 18.1 Å². The van der Waals surface area contributed by atoms with Crippen molar-refractivity contribution in [2.45, 2.75) is 24.8 Å². The fourth-order valence-electron chi connectivity index (χ4n) is 2.95. The molecular formula is C18H20N2O5S. The molecule has 1 atom stereocenters. The molecule has 2 aromatic rings. The SMILES string of the molecule is Cc1ccc(C2CN(S(=O)(=O)c3cc([N+](=O)[O-])ccc3C)CCO2)cc1. The van der Waals surface area contributed by atoms with Crippen LogP contribution in [0.25, 0.3) is 0 Å². The van der Waals surface area contributed by atoms with Gasteiger partial charge >= 0.3 is 0 Å². The number of morpholine rings is 1. The number of aryl methyl sites for hydroxylation is 2. The second kappa shape index (κ2) is 7.14. The molecule has 0 aliphatic carbocycles. The van der Waals surface area contributed by atoms with Crippen LogP contribution in [0.4, 0.5) is 5.69 Å². The molecule has 0 N–H and O–H groups in total. The number of benzene rings is 2. The van der Waals surface area contributed by atoms with Crippen LogP contribution in [0, 0.1) is 24.0 Å². The molecule has 1 aliphatic rings. The predicted molar refractivity (Wildman–Crippen MR) is 96.5 cm³/mol.